The number of ether oxygens (including phenoxy) is 2. The molecular weight excluding hydrogens is 524 g/mol. The predicted octanol–water partition coefficient (Wildman–Crippen LogP) is 6.46. The van der Waals surface area contributed by atoms with E-state index in [1.807, 2.05) is 73.7 Å². The summed E-state index contributed by atoms with van der Waals surface area (Å²) in [6.45, 7) is 2.82. The van der Waals surface area contributed by atoms with Gasteiger partial charge in [-0.1, -0.05) is 57.9 Å². The molecule has 3 aromatic carbocycles. The van der Waals surface area contributed by atoms with Crippen LogP contribution in [0.2, 0.25) is 5.02 Å². The third-order valence-electron chi connectivity index (χ3n) is 4.43. The lowest BCUT2D eigenvalue weighted by atomic mass is 10.2. The first-order chi connectivity index (χ1) is 16.0. The van der Waals surface area contributed by atoms with Gasteiger partial charge in [0.05, 0.1) is 18.6 Å². The molecule has 0 atom stereocenters. The van der Waals surface area contributed by atoms with E-state index in [0.717, 1.165) is 26.9 Å². The number of hydrogen-bond acceptors (Lipinski definition) is 5. The molecule has 8 heteroatoms. The fourth-order valence-electron chi connectivity index (χ4n) is 2.81. The SMILES string of the molecule is CCOc1cc(/C=N/NC(=O)CSCc2ccccc2Br)ccc1OCc1ccc(Cl)cc1. The van der Waals surface area contributed by atoms with Gasteiger partial charge in [-0.3, -0.25) is 4.79 Å². The van der Waals surface area contributed by atoms with Gasteiger partial charge in [-0.2, -0.15) is 5.10 Å². The van der Waals surface area contributed by atoms with Crippen molar-refractivity contribution < 1.29 is 14.3 Å². The first kappa shape index (κ1) is 25.1. The zero-order valence-electron chi connectivity index (χ0n) is 18.1. The summed E-state index contributed by atoms with van der Waals surface area (Å²) in [6, 6.07) is 21.0. The van der Waals surface area contributed by atoms with Crippen molar-refractivity contribution in [3.05, 3.63) is 92.9 Å². The van der Waals surface area contributed by atoms with Gasteiger partial charge in [0.25, 0.3) is 0 Å². The zero-order chi connectivity index (χ0) is 23.5. The summed E-state index contributed by atoms with van der Waals surface area (Å²) < 4.78 is 12.7. The van der Waals surface area contributed by atoms with Crippen molar-refractivity contribution in [2.24, 2.45) is 5.10 Å². The number of benzene rings is 3. The molecule has 1 N–H and O–H groups in total. The Bertz CT molecular complexity index is 1090. The summed E-state index contributed by atoms with van der Waals surface area (Å²) in [5, 5.41) is 4.75. The molecule has 0 saturated carbocycles. The lowest BCUT2D eigenvalue weighted by Crippen LogP contribution is -2.19. The lowest BCUT2D eigenvalue weighted by molar-refractivity contribution is -0.118. The van der Waals surface area contributed by atoms with E-state index in [-0.39, 0.29) is 5.91 Å². The molecule has 0 unspecified atom stereocenters. The van der Waals surface area contributed by atoms with Crippen LogP contribution in [0, 0.1) is 0 Å². The fraction of sp³-hybridized carbons (Fsp3) is 0.200. The topological polar surface area (TPSA) is 59.9 Å². The third kappa shape index (κ3) is 8.42. The molecule has 0 spiro atoms. The highest BCUT2D eigenvalue weighted by atomic mass is 79.9. The molecule has 0 radical (unpaired) electrons. The zero-order valence-corrected chi connectivity index (χ0v) is 21.3. The molecule has 0 aliphatic carbocycles. The number of thioether (sulfide) groups is 1. The van der Waals surface area contributed by atoms with Crippen LogP contribution in [0.25, 0.3) is 0 Å². The van der Waals surface area contributed by atoms with E-state index < -0.39 is 0 Å². The molecule has 0 aliphatic rings. The van der Waals surface area contributed by atoms with Crippen molar-refractivity contribution >= 4 is 51.4 Å². The molecule has 172 valence electrons. The molecule has 3 rings (SSSR count). The molecule has 0 aliphatic heterocycles. The Morgan fingerprint density at radius 3 is 2.64 bits per heavy atom. The van der Waals surface area contributed by atoms with Gasteiger partial charge in [0.1, 0.15) is 6.61 Å². The van der Waals surface area contributed by atoms with Crippen molar-refractivity contribution in [2.75, 3.05) is 12.4 Å². The molecule has 0 saturated heterocycles. The third-order valence-corrected chi connectivity index (χ3v) is 6.43. The highest BCUT2D eigenvalue weighted by Gasteiger charge is 2.07. The first-order valence-corrected chi connectivity index (χ1v) is 12.6. The van der Waals surface area contributed by atoms with Gasteiger partial charge >= 0.3 is 0 Å². The van der Waals surface area contributed by atoms with Gasteiger partial charge in [-0.25, -0.2) is 5.43 Å². The number of halogens is 2. The Morgan fingerprint density at radius 1 is 1.09 bits per heavy atom. The minimum atomic E-state index is -0.156. The molecule has 33 heavy (non-hydrogen) atoms. The predicted molar refractivity (Wildman–Crippen MR) is 139 cm³/mol. The summed E-state index contributed by atoms with van der Waals surface area (Å²) in [5.41, 5.74) is 5.52. The van der Waals surface area contributed by atoms with Crippen LogP contribution in [0.3, 0.4) is 0 Å². The van der Waals surface area contributed by atoms with Gasteiger partial charge in [-0.15, -0.1) is 11.8 Å². The Morgan fingerprint density at radius 2 is 1.88 bits per heavy atom. The second kappa shape index (κ2) is 13.3. The van der Waals surface area contributed by atoms with Crippen molar-refractivity contribution in [1.29, 1.82) is 0 Å². The minimum absolute atomic E-state index is 0.156. The van der Waals surface area contributed by atoms with E-state index >= 15 is 0 Å². The Hall–Kier alpha value is -2.48. The summed E-state index contributed by atoms with van der Waals surface area (Å²) in [5.74, 6) is 2.16. The van der Waals surface area contributed by atoms with E-state index in [2.05, 4.69) is 26.5 Å². The number of carbonyl (C=O) groups excluding carboxylic acids is 1. The fourth-order valence-corrected chi connectivity index (χ4v) is 4.37. The van der Waals surface area contributed by atoms with Crippen LogP contribution >= 0.6 is 39.3 Å². The number of nitrogens with one attached hydrogen (secondary N) is 1. The second-order valence-corrected chi connectivity index (χ2v) is 9.21. The summed E-state index contributed by atoms with van der Waals surface area (Å²) in [6.07, 6.45) is 1.59. The van der Waals surface area contributed by atoms with Gasteiger partial charge < -0.3 is 9.47 Å². The molecule has 0 heterocycles. The maximum Gasteiger partial charge on any atom is 0.250 e. The van der Waals surface area contributed by atoms with Crippen molar-refractivity contribution in [1.82, 2.24) is 5.43 Å². The Kier molecular flexibility index (Phi) is 10.1. The summed E-state index contributed by atoms with van der Waals surface area (Å²) in [7, 11) is 0. The number of nitrogens with zero attached hydrogens (tertiary/aromatic N) is 1. The van der Waals surface area contributed by atoms with Crippen LogP contribution in [-0.4, -0.2) is 24.5 Å². The number of hydrazone groups is 1. The highest BCUT2D eigenvalue weighted by molar-refractivity contribution is 9.10. The van der Waals surface area contributed by atoms with Crippen LogP contribution in [0.15, 0.2) is 76.3 Å². The van der Waals surface area contributed by atoms with Crippen LogP contribution in [0.4, 0.5) is 0 Å². The molecule has 0 aromatic heterocycles. The maximum atomic E-state index is 12.1. The monoisotopic (exact) mass is 546 g/mol. The smallest absolute Gasteiger partial charge is 0.250 e. The van der Waals surface area contributed by atoms with Crippen LogP contribution in [0.5, 0.6) is 11.5 Å². The van der Waals surface area contributed by atoms with E-state index in [9.17, 15) is 4.79 Å². The van der Waals surface area contributed by atoms with Crippen molar-refractivity contribution in [2.45, 2.75) is 19.3 Å². The molecular formula is C25H24BrClN2O3S. The summed E-state index contributed by atoms with van der Waals surface area (Å²) in [4.78, 5) is 12.1. The molecule has 0 bridgehead atoms. The molecule has 5 nitrogen and oxygen atoms in total. The van der Waals surface area contributed by atoms with Gasteiger partial charge in [0.15, 0.2) is 11.5 Å². The normalized spacial score (nSPS) is 10.9. The van der Waals surface area contributed by atoms with Crippen LogP contribution in [0.1, 0.15) is 23.6 Å². The first-order valence-electron chi connectivity index (χ1n) is 10.3. The number of amides is 1. The average molecular weight is 548 g/mol. The molecule has 3 aromatic rings. The lowest BCUT2D eigenvalue weighted by Gasteiger charge is -2.12. The average Bonchev–Trinajstić information content (AvgIpc) is 2.81. The van der Waals surface area contributed by atoms with Gasteiger partial charge in [0.2, 0.25) is 5.91 Å². The number of rotatable bonds is 11. The van der Waals surface area contributed by atoms with Crippen LogP contribution in [-0.2, 0) is 17.2 Å². The van der Waals surface area contributed by atoms with E-state index in [1.54, 1.807) is 6.21 Å². The van der Waals surface area contributed by atoms with Crippen molar-refractivity contribution in [3.8, 4) is 11.5 Å². The summed E-state index contributed by atoms with van der Waals surface area (Å²) >= 11 is 11.0. The molecule has 1 amide bonds. The van der Waals surface area contributed by atoms with E-state index in [1.165, 1.54) is 11.8 Å². The van der Waals surface area contributed by atoms with Gasteiger partial charge in [0, 0.05) is 15.2 Å². The number of hydrogen-bond donors (Lipinski definition) is 1. The van der Waals surface area contributed by atoms with E-state index in [4.69, 9.17) is 21.1 Å². The molecule has 0 fully saturated rings. The van der Waals surface area contributed by atoms with Crippen molar-refractivity contribution in [3.63, 3.8) is 0 Å². The van der Waals surface area contributed by atoms with Crippen LogP contribution < -0.4 is 14.9 Å². The quantitative estimate of drug-likeness (QED) is 0.221. The number of carbonyl (C=O) groups is 1. The maximum absolute atomic E-state index is 12.1. The van der Waals surface area contributed by atoms with Gasteiger partial charge in [-0.05, 0) is 60.0 Å². The minimum Gasteiger partial charge on any atom is -0.490 e. The largest absolute Gasteiger partial charge is 0.490 e. The Labute approximate surface area is 211 Å². The highest BCUT2D eigenvalue weighted by Crippen LogP contribution is 2.29. The van der Waals surface area contributed by atoms with E-state index in [0.29, 0.717) is 35.5 Å². The Balaban J connectivity index is 1.50. The second-order valence-electron chi connectivity index (χ2n) is 6.93. The standard InChI is InChI=1S/C25H24BrClN2O3S/c1-2-31-24-13-19(9-12-23(24)32-15-18-7-10-21(27)11-8-18)14-28-29-25(30)17-33-16-20-5-3-4-6-22(20)26/h3-14H,2,15-17H2,1H3,(H,29,30)/b28-14+.